The standard InChI is InChI=1S/C19H27NO/c1-19(2,3)16-12-9-15(10-13-16)11-14-18(21)20-17-7-5-4-6-8-17/h9-14,17H,4-8H2,1-3H3,(H,20,21)/b14-11+. The number of nitrogens with one attached hydrogen (secondary N) is 1. The largest absolute Gasteiger partial charge is 0.350 e. The Morgan fingerprint density at radius 2 is 1.71 bits per heavy atom. The van der Waals surface area contributed by atoms with Gasteiger partial charge in [0, 0.05) is 12.1 Å². The summed E-state index contributed by atoms with van der Waals surface area (Å²) in [6.45, 7) is 6.61. The Bertz CT molecular complexity index is 487. The van der Waals surface area contributed by atoms with Crippen molar-refractivity contribution in [1.82, 2.24) is 5.32 Å². The maximum absolute atomic E-state index is 11.9. The molecule has 0 spiro atoms. The fraction of sp³-hybridized carbons (Fsp3) is 0.526. The van der Waals surface area contributed by atoms with Gasteiger partial charge in [-0.05, 0) is 35.5 Å². The molecule has 0 aromatic heterocycles. The Morgan fingerprint density at radius 1 is 1.10 bits per heavy atom. The third-order valence-corrected chi connectivity index (χ3v) is 4.16. The molecule has 1 amide bonds. The number of benzene rings is 1. The van der Waals surface area contributed by atoms with Crippen molar-refractivity contribution in [2.24, 2.45) is 0 Å². The van der Waals surface area contributed by atoms with E-state index in [2.05, 4.69) is 50.4 Å². The van der Waals surface area contributed by atoms with E-state index in [1.807, 2.05) is 6.08 Å². The first-order valence-corrected chi connectivity index (χ1v) is 8.04. The van der Waals surface area contributed by atoms with Crippen LogP contribution in [0.3, 0.4) is 0 Å². The molecule has 2 nitrogen and oxygen atoms in total. The lowest BCUT2D eigenvalue weighted by Crippen LogP contribution is -2.34. The lowest BCUT2D eigenvalue weighted by Gasteiger charge is -2.21. The SMILES string of the molecule is CC(C)(C)c1ccc(/C=C/C(=O)NC2CCCCC2)cc1. The summed E-state index contributed by atoms with van der Waals surface area (Å²) in [6, 6.07) is 8.80. The van der Waals surface area contributed by atoms with E-state index >= 15 is 0 Å². The molecule has 1 aliphatic rings. The molecule has 1 fully saturated rings. The van der Waals surface area contributed by atoms with Gasteiger partial charge < -0.3 is 5.32 Å². The molecule has 2 heteroatoms. The van der Waals surface area contributed by atoms with Crippen molar-refractivity contribution in [2.45, 2.75) is 64.3 Å². The zero-order valence-electron chi connectivity index (χ0n) is 13.5. The molecule has 0 heterocycles. The first-order valence-electron chi connectivity index (χ1n) is 8.04. The second-order valence-corrected chi connectivity index (χ2v) is 7.05. The fourth-order valence-corrected chi connectivity index (χ4v) is 2.76. The van der Waals surface area contributed by atoms with Crippen molar-refractivity contribution in [2.75, 3.05) is 0 Å². The van der Waals surface area contributed by atoms with Gasteiger partial charge in [-0.15, -0.1) is 0 Å². The van der Waals surface area contributed by atoms with Gasteiger partial charge in [0.2, 0.25) is 5.91 Å². The molecular formula is C19H27NO. The minimum atomic E-state index is 0.0294. The molecular weight excluding hydrogens is 258 g/mol. The van der Waals surface area contributed by atoms with Crippen LogP contribution in [0.1, 0.15) is 64.0 Å². The van der Waals surface area contributed by atoms with Crippen LogP contribution in [-0.2, 0) is 10.2 Å². The van der Waals surface area contributed by atoms with Gasteiger partial charge in [-0.25, -0.2) is 0 Å². The van der Waals surface area contributed by atoms with E-state index in [-0.39, 0.29) is 11.3 Å². The quantitative estimate of drug-likeness (QED) is 0.817. The Kier molecular flexibility index (Phi) is 5.22. The van der Waals surface area contributed by atoms with Gasteiger partial charge in [0.25, 0.3) is 0 Å². The predicted octanol–water partition coefficient (Wildman–Crippen LogP) is 4.45. The molecule has 0 bridgehead atoms. The van der Waals surface area contributed by atoms with Gasteiger partial charge >= 0.3 is 0 Å². The number of amides is 1. The number of rotatable bonds is 3. The van der Waals surface area contributed by atoms with Crippen LogP contribution in [0.5, 0.6) is 0 Å². The minimum absolute atomic E-state index is 0.0294. The van der Waals surface area contributed by atoms with Crippen LogP contribution in [0.2, 0.25) is 0 Å². The van der Waals surface area contributed by atoms with Crippen molar-refractivity contribution < 1.29 is 4.79 Å². The van der Waals surface area contributed by atoms with Crippen LogP contribution < -0.4 is 5.32 Å². The van der Waals surface area contributed by atoms with Gasteiger partial charge in [-0.3, -0.25) is 4.79 Å². The first kappa shape index (κ1) is 15.8. The zero-order chi connectivity index (χ0) is 15.3. The molecule has 21 heavy (non-hydrogen) atoms. The summed E-state index contributed by atoms with van der Waals surface area (Å²) < 4.78 is 0. The Labute approximate surface area is 128 Å². The van der Waals surface area contributed by atoms with Crippen LogP contribution in [0.15, 0.2) is 30.3 Å². The Balaban J connectivity index is 1.89. The molecule has 0 atom stereocenters. The Morgan fingerprint density at radius 3 is 2.29 bits per heavy atom. The monoisotopic (exact) mass is 285 g/mol. The predicted molar refractivity (Wildman–Crippen MR) is 89.2 cm³/mol. The lowest BCUT2D eigenvalue weighted by molar-refractivity contribution is -0.117. The summed E-state index contributed by atoms with van der Waals surface area (Å²) in [5.41, 5.74) is 2.55. The summed E-state index contributed by atoms with van der Waals surface area (Å²) in [5.74, 6) is 0.0294. The number of carbonyl (C=O) groups is 1. The minimum Gasteiger partial charge on any atom is -0.350 e. The molecule has 0 aliphatic heterocycles. The maximum atomic E-state index is 11.9. The van der Waals surface area contributed by atoms with Crippen LogP contribution in [0.25, 0.3) is 6.08 Å². The van der Waals surface area contributed by atoms with Gasteiger partial charge in [0.05, 0.1) is 0 Å². The molecule has 0 unspecified atom stereocenters. The molecule has 1 aromatic carbocycles. The highest BCUT2D eigenvalue weighted by molar-refractivity contribution is 5.91. The average Bonchev–Trinajstić information content (AvgIpc) is 2.46. The zero-order valence-corrected chi connectivity index (χ0v) is 13.5. The summed E-state index contributed by atoms with van der Waals surface area (Å²) in [7, 11) is 0. The second kappa shape index (κ2) is 6.93. The van der Waals surface area contributed by atoms with Gasteiger partial charge in [-0.2, -0.15) is 0 Å². The van der Waals surface area contributed by atoms with E-state index in [1.165, 1.54) is 24.8 Å². The van der Waals surface area contributed by atoms with E-state index < -0.39 is 0 Å². The number of hydrogen-bond donors (Lipinski definition) is 1. The molecule has 2 rings (SSSR count). The third kappa shape index (κ3) is 5.04. The lowest BCUT2D eigenvalue weighted by atomic mass is 9.87. The Hall–Kier alpha value is -1.57. The highest BCUT2D eigenvalue weighted by Crippen LogP contribution is 2.22. The number of hydrogen-bond acceptors (Lipinski definition) is 1. The molecule has 1 saturated carbocycles. The topological polar surface area (TPSA) is 29.1 Å². The smallest absolute Gasteiger partial charge is 0.244 e. The second-order valence-electron chi connectivity index (χ2n) is 7.05. The van der Waals surface area contributed by atoms with Crippen molar-refractivity contribution in [1.29, 1.82) is 0 Å². The van der Waals surface area contributed by atoms with Crippen molar-refractivity contribution >= 4 is 12.0 Å². The molecule has 1 aromatic rings. The molecule has 1 N–H and O–H groups in total. The van der Waals surface area contributed by atoms with E-state index in [0.717, 1.165) is 18.4 Å². The van der Waals surface area contributed by atoms with E-state index in [1.54, 1.807) is 6.08 Å². The number of carbonyl (C=O) groups excluding carboxylic acids is 1. The summed E-state index contributed by atoms with van der Waals surface area (Å²) in [6.07, 6.45) is 9.58. The van der Waals surface area contributed by atoms with E-state index in [9.17, 15) is 4.79 Å². The highest BCUT2D eigenvalue weighted by Gasteiger charge is 2.14. The first-order chi connectivity index (χ1) is 9.95. The molecule has 1 aliphatic carbocycles. The van der Waals surface area contributed by atoms with Gasteiger partial charge in [0.15, 0.2) is 0 Å². The molecule has 0 radical (unpaired) electrons. The highest BCUT2D eigenvalue weighted by atomic mass is 16.1. The molecule has 0 saturated heterocycles. The van der Waals surface area contributed by atoms with Gasteiger partial charge in [-0.1, -0.05) is 64.3 Å². The summed E-state index contributed by atoms with van der Waals surface area (Å²) in [5, 5.41) is 3.10. The van der Waals surface area contributed by atoms with Gasteiger partial charge in [0.1, 0.15) is 0 Å². The van der Waals surface area contributed by atoms with Crippen molar-refractivity contribution in [3.63, 3.8) is 0 Å². The van der Waals surface area contributed by atoms with E-state index in [0.29, 0.717) is 6.04 Å². The third-order valence-electron chi connectivity index (χ3n) is 4.16. The average molecular weight is 285 g/mol. The summed E-state index contributed by atoms with van der Waals surface area (Å²) in [4.78, 5) is 11.9. The van der Waals surface area contributed by atoms with Crippen LogP contribution in [-0.4, -0.2) is 11.9 Å². The van der Waals surface area contributed by atoms with Crippen molar-refractivity contribution in [3.05, 3.63) is 41.5 Å². The van der Waals surface area contributed by atoms with Crippen LogP contribution >= 0.6 is 0 Å². The molecule has 114 valence electrons. The van der Waals surface area contributed by atoms with E-state index in [4.69, 9.17) is 0 Å². The van der Waals surface area contributed by atoms with Crippen molar-refractivity contribution in [3.8, 4) is 0 Å². The van der Waals surface area contributed by atoms with Crippen LogP contribution in [0, 0.1) is 0 Å². The fourth-order valence-electron chi connectivity index (χ4n) is 2.76. The normalized spacial score (nSPS) is 17.1. The maximum Gasteiger partial charge on any atom is 0.244 e. The summed E-state index contributed by atoms with van der Waals surface area (Å²) >= 11 is 0. The van der Waals surface area contributed by atoms with Crippen LogP contribution in [0.4, 0.5) is 0 Å².